The topological polar surface area (TPSA) is 97.6 Å². The Hall–Kier alpha value is -3.37. The molecule has 0 saturated carbocycles. The highest BCUT2D eigenvalue weighted by Gasteiger charge is 2.34. The van der Waals surface area contributed by atoms with E-state index in [2.05, 4.69) is 27.1 Å². The first-order valence-electron chi connectivity index (χ1n) is 12.2. The molecule has 1 saturated heterocycles. The van der Waals surface area contributed by atoms with Gasteiger partial charge in [0.15, 0.2) is 11.5 Å². The Morgan fingerprint density at radius 1 is 1.22 bits per heavy atom. The van der Waals surface area contributed by atoms with E-state index in [0.717, 1.165) is 37.2 Å². The van der Waals surface area contributed by atoms with Crippen LogP contribution < -0.4 is 19.7 Å². The number of ether oxygens (including phenoxy) is 2. The Balaban J connectivity index is 1.39. The van der Waals surface area contributed by atoms with Crippen LogP contribution in [0, 0.1) is 0 Å². The number of piperazine rings is 1. The molecular formula is C25H30ClN7O3. The smallest absolute Gasteiger partial charge is 0.244 e. The number of imidazole rings is 1. The van der Waals surface area contributed by atoms with Crippen LogP contribution in [0.15, 0.2) is 43.0 Å². The van der Waals surface area contributed by atoms with Crippen LogP contribution in [0.5, 0.6) is 11.5 Å². The SMILES string of the molecule is CCCCN1CCN(c2cc(Cl)nc(-n3ccnc3)n2)C(C(=O)NC(C)c2ccc3c(c2)OCO3)C1. The summed E-state index contributed by atoms with van der Waals surface area (Å²) < 4.78 is 12.6. The lowest BCUT2D eigenvalue weighted by molar-refractivity contribution is -0.124. The van der Waals surface area contributed by atoms with Gasteiger partial charge in [-0.05, 0) is 37.6 Å². The molecule has 0 spiro atoms. The van der Waals surface area contributed by atoms with Gasteiger partial charge in [0, 0.05) is 38.1 Å². The number of aromatic nitrogens is 4. The first kappa shape index (κ1) is 24.3. The number of carbonyl (C=O) groups is 1. The summed E-state index contributed by atoms with van der Waals surface area (Å²) in [6, 6.07) is 6.81. The van der Waals surface area contributed by atoms with E-state index in [0.29, 0.717) is 35.8 Å². The zero-order valence-electron chi connectivity index (χ0n) is 20.4. The summed E-state index contributed by atoms with van der Waals surface area (Å²) in [4.78, 5) is 31.2. The summed E-state index contributed by atoms with van der Waals surface area (Å²) in [6.07, 6.45) is 7.23. The second-order valence-electron chi connectivity index (χ2n) is 9.03. The van der Waals surface area contributed by atoms with Crippen LogP contribution in [0.4, 0.5) is 5.82 Å². The van der Waals surface area contributed by atoms with Crippen molar-refractivity contribution in [2.75, 3.05) is 37.9 Å². The number of carbonyl (C=O) groups excluding carboxylic acids is 1. The Morgan fingerprint density at radius 3 is 2.89 bits per heavy atom. The first-order chi connectivity index (χ1) is 17.5. The van der Waals surface area contributed by atoms with E-state index in [1.807, 2.05) is 30.0 Å². The number of fused-ring (bicyclic) bond motifs is 1. The molecule has 1 aromatic carbocycles. The molecule has 2 aliphatic heterocycles. The summed E-state index contributed by atoms with van der Waals surface area (Å²) in [5.74, 6) is 2.37. The average Bonchev–Trinajstić information content (AvgIpc) is 3.59. The van der Waals surface area contributed by atoms with Gasteiger partial charge in [0.2, 0.25) is 18.6 Å². The maximum Gasteiger partial charge on any atom is 0.244 e. The number of rotatable bonds is 8. The van der Waals surface area contributed by atoms with Gasteiger partial charge in [-0.25, -0.2) is 9.97 Å². The third-order valence-corrected chi connectivity index (χ3v) is 6.74. The fourth-order valence-corrected chi connectivity index (χ4v) is 4.71. The van der Waals surface area contributed by atoms with Crippen molar-refractivity contribution in [3.8, 4) is 17.4 Å². The minimum atomic E-state index is -0.436. The van der Waals surface area contributed by atoms with Crippen LogP contribution in [-0.4, -0.2) is 69.3 Å². The predicted octanol–water partition coefficient (Wildman–Crippen LogP) is 3.21. The molecule has 10 nitrogen and oxygen atoms in total. The number of halogens is 1. The van der Waals surface area contributed by atoms with Crippen molar-refractivity contribution in [3.05, 3.63) is 53.7 Å². The van der Waals surface area contributed by atoms with E-state index in [-0.39, 0.29) is 18.7 Å². The van der Waals surface area contributed by atoms with Crippen LogP contribution in [0.3, 0.4) is 0 Å². The van der Waals surface area contributed by atoms with Gasteiger partial charge in [0.25, 0.3) is 0 Å². The second kappa shape index (κ2) is 10.7. The Labute approximate surface area is 215 Å². The van der Waals surface area contributed by atoms with Gasteiger partial charge in [-0.3, -0.25) is 14.3 Å². The van der Waals surface area contributed by atoms with Gasteiger partial charge in [-0.1, -0.05) is 31.0 Å². The zero-order valence-corrected chi connectivity index (χ0v) is 21.2. The molecule has 36 heavy (non-hydrogen) atoms. The fourth-order valence-electron chi connectivity index (χ4n) is 4.53. The van der Waals surface area contributed by atoms with Crippen molar-refractivity contribution in [1.82, 2.24) is 29.7 Å². The molecule has 1 fully saturated rings. The highest BCUT2D eigenvalue weighted by molar-refractivity contribution is 6.29. The quantitative estimate of drug-likeness (QED) is 0.460. The number of unbranched alkanes of at least 4 members (excludes halogenated alkanes) is 1. The second-order valence-corrected chi connectivity index (χ2v) is 9.41. The van der Waals surface area contributed by atoms with Crippen molar-refractivity contribution < 1.29 is 14.3 Å². The number of hydrogen-bond donors (Lipinski definition) is 1. The molecule has 2 atom stereocenters. The lowest BCUT2D eigenvalue weighted by atomic mass is 10.1. The van der Waals surface area contributed by atoms with Crippen molar-refractivity contribution in [3.63, 3.8) is 0 Å². The fraction of sp³-hybridized carbons (Fsp3) is 0.440. The van der Waals surface area contributed by atoms with E-state index >= 15 is 0 Å². The number of anilines is 1. The maximum absolute atomic E-state index is 13.7. The number of nitrogens with zero attached hydrogens (tertiary/aromatic N) is 6. The molecule has 190 valence electrons. The Morgan fingerprint density at radius 2 is 2.08 bits per heavy atom. The highest BCUT2D eigenvalue weighted by atomic mass is 35.5. The molecule has 1 N–H and O–H groups in total. The van der Waals surface area contributed by atoms with E-state index < -0.39 is 6.04 Å². The van der Waals surface area contributed by atoms with E-state index in [1.165, 1.54) is 0 Å². The molecule has 0 bridgehead atoms. The Bertz CT molecular complexity index is 1210. The molecule has 2 unspecified atom stereocenters. The normalized spacial score (nSPS) is 18.3. The third kappa shape index (κ3) is 5.24. The molecule has 3 aromatic rings. The molecule has 11 heteroatoms. The molecule has 2 aliphatic rings. The van der Waals surface area contributed by atoms with Gasteiger partial charge in [0.1, 0.15) is 23.3 Å². The van der Waals surface area contributed by atoms with E-state index in [1.54, 1.807) is 29.4 Å². The molecule has 1 amide bonds. The van der Waals surface area contributed by atoms with Gasteiger partial charge in [0.05, 0.1) is 6.04 Å². The summed E-state index contributed by atoms with van der Waals surface area (Å²) >= 11 is 6.38. The van der Waals surface area contributed by atoms with E-state index in [9.17, 15) is 4.79 Å². The van der Waals surface area contributed by atoms with Crippen molar-refractivity contribution in [2.45, 2.75) is 38.8 Å². The number of hydrogen-bond acceptors (Lipinski definition) is 8. The van der Waals surface area contributed by atoms with Crippen LogP contribution in [-0.2, 0) is 4.79 Å². The average molecular weight is 512 g/mol. The van der Waals surface area contributed by atoms with E-state index in [4.69, 9.17) is 26.1 Å². The van der Waals surface area contributed by atoms with Crippen LogP contribution in [0.2, 0.25) is 5.15 Å². The zero-order chi connectivity index (χ0) is 25.1. The monoisotopic (exact) mass is 511 g/mol. The molecule has 0 radical (unpaired) electrons. The van der Waals surface area contributed by atoms with Gasteiger partial charge >= 0.3 is 0 Å². The molecule has 5 rings (SSSR count). The summed E-state index contributed by atoms with van der Waals surface area (Å²) in [6.45, 7) is 7.40. The standard InChI is InChI=1S/C25H30ClN7O3/c1-3-4-8-31-10-11-33(23-13-22(26)29-25(30-23)32-9-7-27-15-32)19(14-31)24(34)28-17(2)18-5-6-20-21(12-18)36-16-35-20/h5-7,9,12-13,15,17,19H,3-4,8,10-11,14,16H2,1-2H3,(H,28,34). The molecular weight excluding hydrogens is 482 g/mol. The number of benzene rings is 1. The van der Waals surface area contributed by atoms with Crippen LogP contribution >= 0.6 is 11.6 Å². The summed E-state index contributed by atoms with van der Waals surface area (Å²) in [5.41, 5.74) is 0.949. The predicted molar refractivity (Wildman–Crippen MR) is 136 cm³/mol. The van der Waals surface area contributed by atoms with Gasteiger partial charge in [-0.15, -0.1) is 0 Å². The highest BCUT2D eigenvalue weighted by Crippen LogP contribution is 2.34. The first-order valence-corrected chi connectivity index (χ1v) is 12.6. The minimum Gasteiger partial charge on any atom is -0.454 e. The summed E-state index contributed by atoms with van der Waals surface area (Å²) in [7, 11) is 0. The molecule has 2 aromatic heterocycles. The molecule has 0 aliphatic carbocycles. The summed E-state index contributed by atoms with van der Waals surface area (Å²) in [5, 5.41) is 3.51. The number of nitrogens with one attached hydrogen (secondary N) is 1. The lowest BCUT2D eigenvalue weighted by Gasteiger charge is -2.41. The minimum absolute atomic E-state index is 0.0692. The number of amides is 1. The van der Waals surface area contributed by atoms with Crippen molar-refractivity contribution in [1.29, 1.82) is 0 Å². The van der Waals surface area contributed by atoms with Gasteiger partial charge in [-0.2, -0.15) is 4.98 Å². The molecule has 4 heterocycles. The third-order valence-electron chi connectivity index (χ3n) is 6.55. The van der Waals surface area contributed by atoms with Gasteiger partial charge < -0.3 is 19.7 Å². The van der Waals surface area contributed by atoms with Crippen molar-refractivity contribution >= 4 is 23.3 Å². The van der Waals surface area contributed by atoms with Crippen LogP contribution in [0.1, 0.15) is 38.3 Å². The lowest BCUT2D eigenvalue weighted by Crippen LogP contribution is -2.59. The van der Waals surface area contributed by atoms with Crippen LogP contribution in [0.25, 0.3) is 5.95 Å². The van der Waals surface area contributed by atoms with Crippen molar-refractivity contribution in [2.24, 2.45) is 0 Å². The Kier molecular flexibility index (Phi) is 7.24. The maximum atomic E-state index is 13.7. The largest absolute Gasteiger partial charge is 0.454 e.